The summed E-state index contributed by atoms with van der Waals surface area (Å²) in [5.41, 5.74) is 0.460. The second-order valence-corrected chi connectivity index (χ2v) is 5.14. The summed E-state index contributed by atoms with van der Waals surface area (Å²) in [6.45, 7) is -0.462. The lowest BCUT2D eigenvalue weighted by Crippen LogP contribution is -2.46. The number of amides is 3. The Morgan fingerprint density at radius 1 is 1.08 bits per heavy atom. The van der Waals surface area contributed by atoms with Gasteiger partial charge in [-0.1, -0.05) is 11.6 Å². The summed E-state index contributed by atoms with van der Waals surface area (Å²) in [4.78, 5) is 44.6. The number of benzene rings is 1. The Kier molecular flexibility index (Phi) is 7.50. The quantitative estimate of drug-likeness (QED) is 0.467. The van der Waals surface area contributed by atoms with Crippen LogP contribution in [0.15, 0.2) is 24.3 Å². The molecule has 0 aliphatic heterocycles. The van der Waals surface area contributed by atoms with E-state index in [9.17, 15) is 19.2 Å². The molecule has 0 spiro atoms. The fourth-order valence-corrected chi connectivity index (χ4v) is 1.77. The van der Waals surface area contributed by atoms with Crippen LogP contribution < -0.4 is 16.0 Å². The van der Waals surface area contributed by atoms with E-state index in [1.165, 1.54) is 0 Å². The monoisotopic (exact) mass is 357 g/mol. The summed E-state index contributed by atoms with van der Waals surface area (Å²) in [5.74, 6) is -3.27. The number of anilines is 1. The largest absolute Gasteiger partial charge is 0.481 e. The van der Waals surface area contributed by atoms with Gasteiger partial charge in [-0.15, -0.1) is 0 Å². The van der Waals surface area contributed by atoms with Crippen molar-refractivity contribution in [3.8, 4) is 0 Å². The fourth-order valence-electron chi connectivity index (χ4n) is 1.64. The lowest BCUT2D eigenvalue weighted by Gasteiger charge is -2.14. The SMILES string of the molecule is O=C(O)CC[C@@H](NC(=O)CNC(=O)Nc1ccc(Cl)cc1)C(=O)O. The predicted molar refractivity (Wildman–Crippen MR) is 84.9 cm³/mol. The van der Waals surface area contributed by atoms with Crippen LogP contribution >= 0.6 is 11.6 Å². The van der Waals surface area contributed by atoms with Gasteiger partial charge in [-0.3, -0.25) is 9.59 Å². The zero-order chi connectivity index (χ0) is 18.1. The van der Waals surface area contributed by atoms with Crippen molar-refractivity contribution in [2.24, 2.45) is 0 Å². The van der Waals surface area contributed by atoms with Gasteiger partial charge in [0.1, 0.15) is 6.04 Å². The van der Waals surface area contributed by atoms with Crippen molar-refractivity contribution >= 4 is 41.2 Å². The number of carbonyl (C=O) groups is 4. The van der Waals surface area contributed by atoms with Crippen LogP contribution in [0.5, 0.6) is 0 Å². The molecule has 0 aliphatic carbocycles. The second-order valence-electron chi connectivity index (χ2n) is 4.71. The molecule has 0 fully saturated rings. The van der Waals surface area contributed by atoms with Gasteiger partial charge in [-0.2, -0.15) is 0 Å². The molecule has 24 heavy (non-hydrogen) atoms. The van der Waals surface area contributed by atoms with Crippen LogP contribution in [0.1, 0.15) is 12.8 Å². The topological polar surface area (TPSA) is 145 Å². The Morgan fingerprint density at radius 3 is 2.25 bits per heavy atom. The Bertz CT molecular complexity index is 619. The minimum atomic E-state index is -1.35. The number of carbonyl (C=O) groups excluding carboxylic acids is 2. The maximum atomic E-state index is 11.6. The van der Waals surface area contributed by atoms with Crippen LogP contribution in [-0.2, 0) is 14.4 Å². The second kappa shape index (κ2) is 9.36. The highest BCUT2D eigenvalue weighted by atomic mass is 35.5. The first-order valence-corrected chi connectivity index (χ1v) is 7.20. The third kappa shape index (κ3) is 7.45. The van der Waals surface area contributed by atoms with Gasteiger partial charge in [0, 0.05) is 17.1 Å². The first-order chi connectivity index (χ1) is 11.3. The van der Waals surface area contributed by atoms with Crippen molar-refractivity contribution in [2.45, 2.75) is 18.9 Å². The summed E-state index contributed by atoms with van der Waals surface area (Å²) >= 11 is 5.70. The Labute approximate surface area is 142 Å². The zero-order valence-corrected chi connectivity index (χ0v) is 13.2. The maximum absolute atomic E-state index is 11.6. The van der Waals surface area contributed by atoms with Gasteiger partial charge in [-0.25, -0.2) is 9.59 Å². The molecule has 1 rings (SSSR count). The van der Waals surface area contributed by atoms with E-state index in [1.807, 2.05) is 0 Å². The molecule has 5 N–H and O–H groups in total. The highest BCUT2D eigenvalue weighted by Gasteiger charge is 2.21. The molecule has 130 valence electrons. The number of carboxylic acid groups (broad SMARTS) is 2. The number of rotatable bonds is 8. The summed E-state index contributed by atoms with van der Waals surface area (Å²) in [7, 11) is 0. The van der Waals surface area contributed by atoms with E-state index in [4.69, 9.17) is 21.8 Å². The molecule has 1 aromatic carbocycles. The van der Waals surface area contributed by atoms with Gasteiger partial charge >= 0.3 is 18.0 Å². The van der Waals surface area contributed by atoms with Gasteiger partial charge in [0.25, 0.3) is 0 Å². The number of urea groups is 1. The van der Waals surface area contributed by atoms with E-state index < -0.39 is 42.9 Å². The van der Waals surface area contributed by atoms with Crippen molar-refractivity contribution in [2.75, 3.05) is 11.9 Å². The van der Waals surface area contributed by atoms with Crippen LogP contribution in [0.4, 0.5) is 10.5 Å². The fraction of sp³-hybridized carbons (Fsp3) is 0.286. The molecule has 10 heteroatoms. The molecule has 3 amide bonds. The highest BCUT2D eigenvalue weighted by Crippen LogP contribution is 2.12. The molecule has 0 aliphatic rings. The lowest BCUT2D eigenvalue weighted by atomic mass is 10.1. The van der Waals surface area contributed by atoms with Crippen LogP contribution in [-0.4, -0.2) is 46.7 Å². The van der Waals surface area contributed by atoms with E-state index in [1.54, 1.807) is 24.3 Å². The van der Waals surface area contributed by atoms with E-state index in [0.29, 0.717) is 10.7 Å². The van der Waals surface area contributed by atoms with Crippen LogP contribution in [0.2, 0.25) is 5.02 Å². The summed E-state index contributed by atoms with van der Waals surface area (Å²) in [6.07, 6.45) is -0.658. The molecule has 0 radical (unpaired) electrons. The van der Waals surface area contributed by atoms with Crippen LogP contribution in [0.25, 0.3) is 0 Å². The molecule has 0 bridgehead atoms. The van der Waals surface area contributed by atoms with Crippen molar-refractivity contribution in [1.82, 2.24) is 10.6 Å². The van der Waals surface area contributed by atoms with Crippen molar-refractivity contribution < 1.29 is 29.4 Å². The Morgan fingerprint density at radius 2 is 1.71 bits per heavy atom. The molecule has 9 nitrogen and oxygen atoms in total. The summed E-state index contributed by atoms with van der Waals surface area (Å²) < 4.78 is 0. The van der Waals surface area contributed by atoms with E-state index in [2.05, 4.69) is 16.0 Å². The molecule has 0 heterocycles. The van der Waals surface area contributed by atoms with Gasteiger partial charge in [-0.05, 0) is 30.7 Å². The molecule has 0 unspecified atom stereocenters. The van der Waals surface area contributed by atoms with Crippen molar-refractivity contribution in [3.05, 3.63) is 29.3 Å². The van der Waals surface area contributed by atoms with Gasteiger partial charge in [0.05, 0.1) is 6.54 Å². The molecule has 0 aromatic heterocycles. The average molecular weight is 358 g/mol. The molecule has 0 saturated carbocycles. The number of carboxylic acids is 2. The summed E-state index contributed by atoms with van der Waals surface area (Å²) in [5, 5.41) is 24.8. The third-order valence-corrected chi connectivity index (χ3v) is 3.04. The third-order valence-electron chi connectivity index (χ3n) is 2.79. The number of nitrogens with one attached hydrogen (secondary N) is 3. The van der Waals surface area contributed by atoms with Crippen LogP contribution in [0, 0.1) is 0 Å². The van der Waals surface area contributed by atoms with Gasteiger partial charge < -0.3 is 26.2 Å². The molecule has 0 saturated heterocycles. The normalized spacial score (nSPS) is 11.2. The van der Waals surface area contributed by atoms with Gasteiger partial charge in [0.2, 0.25) is 5.91 Å². The number of aliphatic carboxylic acids is 2. The van der Waals surface area contributed by atoms with E-state index in [0.717, 1.165) is 0 Å². The minimum absolute atomic E-state index is 0.257. The van der Waals surface area contributed by atoms with E-state index in [-0.39, 0.29) is 6.42 Å². The molecular weight excluding hydrogens is 342 g/mol. The molecule has 1 aromatic rings. The maximum Gasteiger partial charge on any atom is 0.326 e. The Hall–Kier alpha value is -2.81. The van der Waals surface area contributed by atoms with Gasteiger partial charge in [0.15, 0.2) is 0 Å². The van der Waals surface area contributed by atoms with Crippen LogP contribution in [0.3, 0.4) is 0 Å². The molecular formula is C14H16ClN3O6. The minimum Gasteiger partial charge on any atom is -0.481 e. The first kappa shape index (κ1) is 19.2. The smallest absolute Gasteiger partial charge is 0.326 e. The van der Waals surface area contributed by atoms with Crippen molar-refractivity contribution in [1.29, 1.82) is 0 Å². The number of halogens is 1. The standard InChI is InChI=1S/C14H16ClN3O6/c15-8-1-3-9(4-2-8)17-14(24)16-7-11(19)18-10(13(22)23)5-6-12(20)21/h1-4,10H,5-7H2,(H,18,19)(H,20,21)(H,22,23)(H2,16,17,24)/t10-/m1/s1. The molecule has 1 atom stereocenters. The van der Waals surface area contributed by atoms with E-state index >= 15 is 0 Å². The average Bonchev–Trinajstić information content (AvgIpc) is 2.51. The number of hydrogen-bond donors (Lipinski definition) is 5. The zero-order valence-electron chi connectivity index (χ0n) is 12.4. The summed E-state index contributed by atoms with van der Waals surface area (Å²) in [6, 6.07) is 4.27. The first-order valence-electron chi connectivity index (χ1n) is 6.82. The Balaban J connectivity index is 2.40. The lowest BCUT2D eigenvalue weighted by molar-refractivity contribution is -0.142. The van der Waals surface area contributed by atoms with Crippen molar-refractivity contribution in [3.63, 3.8) is 0 Å². The predicted octanol–water partition coefficient (Wildman–Crippen LogP) is 0.896. The number of hydrogen-bond acceptors (Lipinski definition) is 4. The highest BCUT2D eigenvalue weighted by molar-refractivity contribution is 6.30.